The summed E-state index contributed by atoms with van der Waals surface area (Å²) in [4.78, 5) is 41.7. The number of benzene rings is 3. The summed E-state index contributed by atoms with van der Waals surface area (Å²) in [7, 11) is 7.88. The van der Waals surface area contributed by atoms with E-state index in [1.54, 1.807) is 70.2 Å². The van der Waals surface area contributed by atoms with Crippen molar-refractivity contribution in [3.63, 3.8) is 0 Å². The van der Waals surface area contributed by atoms with Crippen molar-refractivity contribution in [2.75, 3.05) is 61.5 Å². The number of halogens is 2. The molecule has 1 amide bonds. The van der Waals surface area contributed by atoms with Crippen LogP contribution in [0.1, 0.15) is 51.9 Å². The number of nitrogens with one attached hydrogen (secondary N) is 3. The second kappa shape index (κ2) is 30.4. The number of nitrogens with zero attached hydrogens (tertiary/aromatic N) is 20. The first-order valence-corrected chi connectivity index (χ1v) is 36.2. The molecule has 3 aliphatic rings. The van der Waals surface area contributed by atoms with E-state index in [4.69, 9.17) is 15.0 Å². The fourth-order valence-electron chi connectivity index (χ4n) is 13.0. The van der Waals surface area contributed by atoms with Gasteiger partial charge in [-0.2, -0.15) is 30.6 Å². The van der Waals surface area contributed by atoms with E-state index in [0.29, 0.717) is 47.8 Å². The smallest absolute Gasteiger partial charge is 0.219 e. The van der Waals surface area contributed by atoms with Crippen LogP contribution >= 0.6 is 0 Å². The van der Waals surface area contributed by atoms with E-state index in [0.717, 1.165) is 109 Å². The quantitative estimate of drug-likeness (QED) is 0.0621. The fraction of sp³-hybridized carbons (Fsp3) is 0.338. The number of aromatic nitrogens is 18. The first-order chi connectivity index (χ1) is 50.0. The van der Waals surface area contributed by atoms with Crippen LogP contribution in [0.5, 0.6) is 0 Å². The zero-order valence-electron chi connectivity index (χ0n) is 59.2. The summed E-state index contributed by atoms with van der Waals surface area (Å²) in [6.07, 6.45) is 31.9. The second-order valence-electron chi connectivity index (χ2n) is 27.0. The number of rotatable bonds is 18. The standard InChI is InChI=1S/C26H29FN8O.C25H29FN8O2S.C23H25N7O/c1-18(36)35-9-7-26(27,8-10-35)17-29-25-23(22-13-31-34(3)16-22)14-28-24(32-25)20-6-4-5-19(11-20)21-12-30-33(2)15-21;1-32-15-20(12-29-32)18-5-4-6-19(11-18)23-27-14-22(21-13-30-33(2)16-21)24(31-23)28-17-25(26)7-9-34(10-8-25)37(3,35)36;1-29-13-17(10-25-29)15-5-3-6-16(9-15)22-24-12-19(18-11-26-30(2)14-18)23(28-22)27-20-7-4-8-21(20)31/h4-6,11-16H,7-10,17H2,1-3H3,(H,28,29,32);4-6,11-16H,7-10,17H2,1-3H3,(H,27,28,31);3,5-6,9-14,20-21,31H,4,7-8H2,1-2H3,(H,24,27,28). The highest BCUT2D eigenvalue weighted by molar-refractivity contribution is 7.88. The minimum atomic E-state index is -3.33. The van der Waals surface area contributed by atoms with E-state index in [2.05, 4.69) is 73.6 Å². The minimum Gasteiger partial charge on any atom is -0.391 e. The molecular weight excluding hydrogens is 1350 g/mol. The molecule has 104 heavy (non-hydrogen) atoms. The number of aryl methyl sites for hydroxylation is 6. The monoisotopic (exact) mass is 1430 g/mol. The zero-order chi connectivity index (χ0) is 72.9. The van der Waals surface area contributed by atoms with Gasteiger partial charge in [0, 0.05) is 211 Å². The van der Waals surface area contributed by atoms with Crippen LogP contribution in [0.3, 0.4) is 0 Å². The molecule has 1 aliphatic carbocycles. The van der Waals surface area contributed by atoms with Gasteiger partial charge in [-0.15, -0.1) is 0 Å². The molecule has 538 valence electrons. The van der Waals surface area contributed by atoms with Gasteiger partial charge in [-0.25, -0.2) is 51.4 Å². The lowest BCUT2D eigenvalue weighted by atomic mass is 9.93. The molecule has 2 atom stereocenters. The predicted molar refractivity (Wildman–Crippen MR) is 395 cm³/mol. The lowest BCUT2D eigenvalue weighted by Gasteiger charge is -2.36. The number of piperidine rings is 2. The number of sulfonamides is 1. The number of carbonyl (C=O) groups is 1. The van der Waals surface area contributed by atoms with Gasteiger partial charge in [0.05, 0.1) is 68.7 Å². The first kappa shape index (κ1) is 71.2. The van der Waals surface area contributed by atoms with Crippen molar-refractivity contribution in [1.29, 1.82) is 0 Å². The van der Waals surface area contributed by atoms with E-state index >= 15 is 8.78 Å². The van der Waals surface area contributed by atoms with Gasteiger partial charge in [-0.3, -0.25) is 32.9 Å². The molecular formula is C74H83F2N23O4S. The van der Waals surface area contributed by atoms with Crippen LogP contribution in [0.4, 0.5) is 26.2 Å². The Morgan fingerprint density at radius 2 is 0.798 bits per heavy atom. The van der Waals surface area contributed by atoms with Crippen LogP contribution in [-0.4, -0.2) is 186 Å². The summed E-state index contributed by atoms with van der Waals surface area (Å²) in [5.74, 6) is 3.41. The number of hydrogen-bond donors (Lipinski definition) is 4. The molecule has 2 saturated heterocycles. The third-order valence-corrected chi connectivity index (χ3v) is 20.3. The summed E-state index contributed by atoms with van der Waals surface area (Å²) in [5.41, 5.74) is 10.6. The van der Waals surface area contributed by atoms with Gasteiger partial charge in [0.15, 0.2) is 17.5 Å². The highest BCUT2D eigenvalue weighted by Crippen LogP contribution is 2.37. The molecule has 0 radical (unpaired) electrons. The van der Waals surface area contributed by atoms with Crippen molar-refractivity contribution >= 4 is 33.4 Å². The maximum atomic E-state index is 15.7. The SMILES string of the molecule is CC(=O)N1CCC(F)(CNc2nc(-c3cccc(-c4cnn(C)c4)c3)ncc2-c2cnn(C)c2)CC1.Cn1cc(-c2cccc(-c3ncc(-c4cnn(C)c4)c(NC4CCCC4O)n3)c2)cn1.Cn1cc(-c2cccc(-c3ncc(-c4cnn(C)c4)c(NCC4(F)CCN(S(C)(=O)=O)CC4)n3)c2)cn1. The summed E-state index contributed by atoms with van der Waals surface area (Å²) < 4.78 is 66.7. The Kier molecular flexibility index (Phi) is 20.8. The van der Waals surface area contributed by atoms with Crippen molar-refractivity contribution in [2.24, 2.45) is 42.3 Å². The molecule has 11 heterocycles. The summed E-state index contributed by atoms with van der Waals surface area (Å²) in [6.45, 7) is 2.77. The Morgan fingerprint density at radius 1 is 0.471 bits per heavy atom. The summed E-state index contributed by atoms with van der Waals surface area (Å²) >= 11 is 0. The van der Waals surface area contributed by atoms with Gasteiger partial charge in [-0.05, 0) is 67.0 Å². The summed E-state index contributed by atoms with van der Waals surface area (Å²) in [6, 6.07) is 23.9. The molecule has 1 saturated carbocycles. The minimum absolute atomic E-state index is 0.00401. The molecule has 4 N–H and O–H groups in total. The molecule has 30 heteroatoms. The van der Waals surface area contributed by atoms with Gasteiger partial charge in [-0.1, -0.05) is 54.6 Å². The van der Waals surface area contributed by atoms with Gasteiger partial charge >= 0.3 is 0 Å². The highest BCUT2D eigenvalue weighted by atomic mass is 32.2. The van der Waals surface area contributed by atoms with Crippen LogP contribution in [0.2, 0.25) is 0 Å². The predicted octanol–water partition coefficient (Wildman–Crippen LogP) is 10.1. The highest BCUT2D eigenvalue weighted by Gasteiger charge is 2.38. The molecule has 3 aromatic carbocycles. The van der Waals surface area contributed by atoms with E-state index in [1.165, 1.54) is 11.2 Å². The number of amides is 1. The van der Waals surface area contributed by atoms with Crippen LogP contribution < -0.4 is 16.0 Å². The Hall–Kier alpha value is -11.2. The van der Waals surface area contributed by atoms with Crippen LogP contribution in [0.15, 0.2) is 166 Å². The molecule has 15 rings (SSSR count). The third-order valence-electron chi connectivity index (χ3n) is 19.0. The number of aliphatic hydroxyl groups is 1. The van der Waals surface area contributed by atoms with E-state index in [9.17, 15) is 18.3 Å². The van der Waals surface area contributed by atoms with E-state index in [1.807, 2.05) is 159 Å². The van der Waals surface area contributed by atoms with Crippen LogP contribution in [0.25, 0.3) is 101 Å². The number of anilines is 3. The van der Waals surface area contributed by atoms with Crippen molar-refractivity contribution in [2.45, 2.75) is 75.4 Å². The maximum absolute atomic E-state index is 15.7. The first-order valence-electron chi connectivity index (χ1n) is 34.3. The largest absolute Gasteiger partial charge is 0.391 e. The van der Waals surface area contributed by atoms with Crippen LogP contribution in [-0.2, 0) is 57.1 Å². The van der Waals surface area contributed by atoms with Crippen molar-refractivity contribution in [1.82, 2.24) is 97.8 Å². The average molecular weight is 1430 g/mol. The normalized spacial score (nSPS) is 16.5. The van der Waals surface area contributed by atoms with Gasteiger partial charge in [0.25, 0.3) is 0 Å². The van der Waals surface area contributed by atoms with Crippen molar-refractivity contribution < 1.29 is 27.1 Å². The third kappa shape index (κ3) is 16.9. The second-order valence-corrected chi connectivity index (χ2v) is 28.9. The molecule has 2 aliphatic heterocycles. The molecule has 9 aromatic heterocycles. The number of likely N-dealkylation sites (tertiary alicyclic amines) is 1. The number of hydrogen-bond acceptors (Lipinski definition) is 19. The molecule has 3 fully saturated rings. The Morgan fingerprint density at radius 3 is 1.12 bits per heavy atom. The van der Waals surface area contributed by atoms with Gasteiger partial charge < -0.3 is 26.0 Å². The Labute approximate surface area is 601 Å². The van der Waals surface area contributed by atoms with Gasteiger partial charge in [0.2, 0.25) is 15.9 Å². The number of alkyl halides is 2. The number of aliphatic hydroxyl groups excluding tert-OH is 1. The topological polar surface area (TPSA) is 298 Å². The lowest BCUT2D eigenvalue weighted by Crippen LogP contribution is -2.47. The van der Waals surface area contributed by atoms with Crippen molar-refractivity contribution in [3.05, 3.63) is 166 Å². The van der Waals surface area contributed by atoms with E-state index in [-0.39, 0.29) is 69.9 Å². The molecule has 0 spiro atoms. The Bertz CT molecular complexity index is 5120. The molecule has 12 aromatic rings. The lowest BCUT2D eigenvalue weighted by molar-refractivity contribution is -0.131. The Balaban J connectivity index is 0.000000139. The van der Waals surface area contributed by atoms with Crippen LogP contribution in [0, 0.1) is 0 Å². The van der Waals surface area contributed by atoms with E-state index < -0.39 is 21.4 Å². The number of carbonyl (C=O) groups excluding carboxylic acids is 1. The molecule has 0 bridgehead atoms. The maximum Gasteiger partial charge on any atom is 0.219 e. The van der Waals surface area contributed by atoms with Crippen molar-refractivity contribution in [3.8, 4) is 101 Å². The zero-order valence-corrected chi connectivity index (χ0v) is 60.0. The molecule has 2 unspecified atom stereocenters. The average Bonchev–Trinajstić information content (AvgIpc) is 1.07. The molecule has 27 nitrogen and oxygen atoms in total. The van der Waals surface area contributed by atoms with Gasteiger partial charge in [0.1, 0.15) is 28.8 Å². The summed E-state index contributed by atoms with van der Waals surface area (Å²) in [5, 5.41) is 45.8. The fourth-order valence-corrected chi connectivity index (χ4v) is 13.9.